The molecule has 0 radical (unpaired) electrons. The zero-order valence-electron chi connectivity index (χ0n) is 10.1. The third kappa shape index (κ3) is 2.34. The number of methoxy groups -OCH3 is 1. The minimum Gasteiger partial charge on any atom is -0.469 e. The number of aromatic amines is 1. The van der Waals surface area contributed by atoms with Crippen molar-refractivity contribution in [2.75, 3.05) is 7.11 Å². The highest BCUT2D eigenvalue weighted by Gasteiger charge is 2.17. The van der Waals surface area contributed by atoms with E-state index in [0.717, 1.165) is 10.9 Å². The van der Waals surface area contributed by atoms with Crippen molar-refractivity contribution in [2.45, 2.75) is 13.3 Å². The van der Waals surface area contributed by atoms with Crippen LogP contribution in [-0.2, 0) is 20.7 Å². The predicted molar refractivity (Wildman–Crippen MR) is 65.3 cm³/mol. The van der Waals surface area contributed by atoms with Gasteiger partial charge in [-0.1, -0.05) is 12.1 Å². The molecule has 0 aliphatic rings. The Bertz CT molecular complexity index is 600. The molecule has 0 amide bonds. The second kappa shape index (κ2) is 4.91. The lowest BCUT2D eigenvalue weighted by Gasteiger charge is -2.03. The number of fused-ring (bicyclic) bond motifs is 1. The lowest BCUT2D eigenvalue weighted by Crippen LogP contribution is -2.08. The fourth-order valence-corrected chi connectivity index (χ4v) is 1.77. The SMILES string of the molecule is COC(=O)Cc1[nH]c2ccccc2c1OC(C)=O. The van der Waals surface area contributed by atoms with E-state index in [1.807, 2.05) is 24.3 Å². The summed E-state index contributed by atoms with van der Waals surface area (Å²) in [5.41, 5.74) is 1.35. The Labute approximate surface area is 104 Å². The largest absolute Gasteiger partial charge is 0.469 e. The second-order valence-corrected chi connectivity index (χ2v) is 3.82. The number of esters is 2. The normalized spacial score (nSPS) is 10.3. The molecule has 0 fully saturated rings. The van der Waals surface area contributed by atoms with Gasteiger partial charge in [-0.15, -0.1) is 0 Å². The van der Waals surface area contributed by atoms with Gasteiger partial charge in [0, 0.05) is 17.8 Å². The Kier molecular flexibility index (Phi) is 3.32. The summed E-state index contributed by atoms with van der Waals surface area (Å²) in [6.45, 7) is 1.32. The smallest absolute Gasteiger partial charge is 0.311 e. The maximum atomic E-state index is 11.3. The van der Waals surface area contributed by atoms with Gasteiger partial charge in [0.25, 0.3) is 0 Å². The first-order chi connectivity index (χ1) is 8.61. The van der Waals surface area contributed by atoms with Crippen LogP contribution in [0.5, 0.6) is 5.75 Å². The first kappa shape index (κ1) is 12.2. The fraction of sp³-hybridized carbons (Fsp3) is 0.231. The lowest BCUT2D eigenvalue weighted by molar-refractivity contribution is -0.140. The number of carbonyl (C=O) groups excluding carboxylic acids is 2. The van der Waals surface area contributed by atoms with Crippen LogP contribution in [0.4, 0.5) is 0 Å². The number of para-hydroxylation sites is 1. The van der Waals surface area contributed by atoms with Gasteiger partial charge in [0.1, 0.15) is 0 Å². The van der Waals surface area contributed by atoms with Crippen LogP contribution in [0.25, 0.3) is 10.9 Å². The fourth-order valence-electron chi connectivity index (χ4n) is 1.77. The number of aromatic nitrogens is 1. The quantitative estimate of drug-likeness (QED) is 0.840. The molecule has 1 aromatic carbocycles. The van der Waals surface area contributed by atoms with Crippen LogP contribution in [0, 0.1) is 0 Å². The van der Waals surface area contributed by atoms with Gasteiger partial charge in [0.2, 0.25) is 0 Å². The highest BCUT2D eigenvalue weighted by molar-refractivity contribution is 5.91. The molecule has 0 spiro atoms. The monoisotopic (exact) mass is 247 g/mol. The maximum absolute atomic E-state index is 11.3. The van der Waals surface area contributed by atoms with Gasteiger partial charge in [-0.2, -0.15) is 0 Å². The van der Waals surface area contributed by atoms with Crippen LogP contribution in [0.15, 0.2) is 24.3 Å². The minimum absolute atomic E-state index is 0.0355. The Balaban J connectivity index is 2.49. The van der Waals surface area contributed by atoms with Gasteiger partial charge in [0.05, 0.1) is 19.2 Å². The van der Waals surface area contributed by atoms with Gasteiger partial charge in [-0.05, 0) is 12.1 Å². The van der Waals surface area contributed by atoms with E-state index in [0.29, 0.717) is 11.4 Å². The summed E-state index contributed by atoms with van der Waals surface area (Å²) < 4.78 is 9.78. The van der Waals surface area contributed by atoms with E-state index in [1.165, 1.54) is 14.0 Å². The Morgan fingerprint density at radius 2 is 2.00 bits per heavy atom. The lowest BCUT2D eigenvalue weighted by atomic mass is 10.2. The standard InChI is InChI=1S/C13H13NO4/c1-8(15)18-13-9-5-3-4-6-10(9)14-11(13)7-12(16)17-2/h3-6,14H,7H2,1-2H3. The molecule has 5 nitrogen and oxygen atoms in total. The van der Waals surface area contributed by atoms with Crippen molar-refractivity contribution in [3.8, 4) is 5.75 Å². The summed E-state index contributed by atoms with van der Waals surface area (Å²) in [4.78, 5) is 25.5. The molecule has 2 rings (SSSR count). The van der Waals surface area contributed by atoms with Gasteiger partial charge >= 0.3 is 11.9 Å². The highest BCUT2D eigenvalue weighted by Crippen LogP contribution is 2.30. The van der Waals surface area contributed by atoms with E-state index in [-0.39, 0.29) is 6.42 Å². The van der Waals surface area contributed by atoms with Crippen molar-refractivity contribution in [1.82, 2.24) is 4.98 Å². The van der Waals surface area contributed by atoms with E-state index < -0.39 is 11.9 Å². The average molecular weight is 247 g/mol. The number of benzene rings is 1. The summed E-state index contributed by atoms with van der Waals surface area (Å²) in [5, 5.41) is 0.770. The maximum Gasteiger partial charge on any atom is 0.311 e. The van der Waals surface area contributed by atoms with Gasteiger partial charge in [-0.3, -0.25) is 9.59 Å². The molecule has 94 valence electrons. The number of H-pyrrole nitrogens is 1. The van der Waals surface area contributed by atoms with E-state index in [4.69, 9.17) is 4.74 Å². The van der Waals surface area contributed by atoms with Crippen molar-refractivity contribution in [2.24, 2.45) is 0 Å². The topological polar surface area (TPSA) is 68.4 Å². The van der Waals surface area contributed by atoms with Gasteiger partial charge in [-0.25, -0.2) is 0 Å². The van der Waals surface area contributed by atoms with Crippen LogP contribution in [-0.4, -0.2) is 24.0 Å². The molecular weight excluding hydrogens is 234 g/mol. The second-order valence-electron chi connectivity index (χ2n) is 3.82. The van der Waals surface area contributed by atoms with Crippen LogP contribution >= 0.6 is 0 Å². The molecule has 0 aliphatic heterocycles. The number of ether oxygens (including phenoxy) is 2. The van der Waals surface area contributed by atoms with E-state index in [9.17, 15) is 9.59 Å². The Morgan fingerprint density at radius 3 is 2.67 bits per heavy atom. The number of carbonyl (C=O) groups is 2. The first-order valence-corrected chi connectivity index (χ1v) is 5.46. The molecule has 0 saturated heterocycles. The van der Waals surface area contributed by atoms with E-state index >= 15 is 0 Å². The van der Waals surface area contributed by atoms with Crippen molar-refractivity contribution >= 4 is 22.8 Å². The summed E-state index contributed by atoms with van der Waals surface area (Å²) >= 11 is 0. The number of rotatable bonds is 3. The molecule has 2 aromatic rings. The van der Waals surface area contributed by atoms with Crippen molar-refractivity contribution < 1.29 is 19.1 Å². The van der Waals surface area contributed by atoms with Crippen molar-refractivity contribution in [1.29, 1.82) is 0 Å². The third-order valence-corrected chi connectivity index (χ3v) is 2.53. The highest BCUT2D eigenvalue weighted by atomic mass is 16.5. The Morgan fingerprint density at radius 1 is 1.28 bits per heavy atom. The molecule has 0 unspecified atom stereocenters. The molecule has 0 aliphatic carbocycles. The van der Waals surface area contributed by atoms with Crippen LogP contribution in [0.2, 0.25) is 0 Å². The van der Waals surface area contributed by atoms with Gasteiger partial charge < -0.3 is 14.5 Å². The molecule has 1 heterocycles. The summed E-state index contributed by atoms with van der Waals surface area (Å²) in [6.07, 6.45) is 0.0355. The molecule has 0 bridgehead atoms. The van der Waals surface area contributed by atoms with Crippen LogP contribution in [0.3, 0.4) is 0 Å². The van der Waals surface area contributed by atoms with Crippen LogP contribution < -0.4 is 4.74 Å². The average Bonchev–Trinajstić information content (AvgIpc) is 2.67. The number of nitrogens with one attached hydrogen (secondary N) is 1. The van der Waals surface area contributed by atoms with Crippen LogP contribution in [0.1, 0.15) is 12.6 Å². The molecular formula is C13H13NO4. The molecule has 5 heteroatoms. The summed E-state index contributed by atoms with van der Waals surface area (Å²) in [7, 11) is 1.32. The van der Waals surface area contributed by atoms with E-state index in [1.54, 1.807) is 0 Å². The first-order valence-electron chi connectivity index (χ1n) is 5.46. The van der Waals surface area contributed by atoms with Crippen molar-refractivity contribution in [3.05, 3.63) is 30.0 Å². The Hall–Kier alpha value is -2.30. The molecule has 0 atom stereocenters. The summed E-state index contributed by atoms with van der Waals surface area (Å²) in [5.74, 6) is -0.427. The minimum atomic E-state index is -0.425. The van der Waals surface area contributed by atoms with Gasteiger partial charge in [0.15, 0.2) is 5.75 Å². The molecule has 1 N–H and O–H groups in total. The zero-order chi connectivity index (χ0) is 13.1. The number of hydrogen-bond acceptors (Lipinski definition) is 4. The van der Waals surface area contributed by atoms with E-state index in [2.05, 4.69) is 9.72 Å². The molecule has 0 saturated carbocycles. The number of hydrogen-bond donors (Lipinski definition) is 1. The molecule has 18 heavy (non-hydrogen) atoms. The van der Waals surface area contributed by atoms with Crippen molar-refractivity contribution in [3.63, 3.8) is 0 Å². The summed E-state index contributed by atoms with van der Waals surface area (Å²) in [6, 6.07) is 7.37. The predicted octanol–water partition coefficient (Wildman–Crippen LogP) is 1.81. The zero-order valence-corrected chi connectivity index (χ0v) is 10.1. The third-order valence-electron chi connectivity index (χ3n) is 2.53. The molecule has 1 aromatic heterocycles.